The van der Waals surface area contributed by atoms with Crippen molar-refractivity contribution in [1.29, 1.82) is 0 Å². The summed E-state index contributed by atoms with van der Waals surface area (Å²) in [5, 5.41) is 7.26. The molecule has 0 radical (unpaired) electrons. The number of nitrogens with zero attached hydrogens (tertiary/aromatic N) is 2. The van der Waals surface area contributed by atoms with Crippen molar-refractivity contribution in [1.82, 2.24) is 15.1 Å². The minimum Gasteiger partial charge on any atom is -0.444 e. The molecule has 0 fully saturated rings. The van der Waals surface area contributed by atoms with Gasteiger partial charge in [-0.15, -0.1) is 0 Å². The number of hydrogen-bond donors (Lipinski definition) is 1. The second kappa shape index (κ2) is 6.29. The zero-order valence-electron chi connectivity index (χ0n) is 13.7. The van der Waals surface area contributed by atoms with Crippen molar-refractivity contribution in [2.75, 3.05) is 6.54 Å². The summed E-state index contributed by atoms with van der Waals surface area (Å²) in [5.74, 6) is 0. The van der Waals surface area contributed by atoms with E-state index in [-0.39, 0.29) is 12.1 Å². The van der Waals surface area contributed by atoms with Crippen molar-refractivity contribution in [2.24, 2.45) is 0 Å². The Labute approximate surface area is 121 Å². The van der Waals surface area contributed by atoms with E-state index in [0.29, 0.717) is 6.54 Å². The van der Waals surface area contributed by atoms with Gasteiger partial charge in [-0.05, 0) is 34.6 Å². The molecule has 5 nitrogen and oxygen atoms in total. The summed E-state index contributed by atoms with van der Waals surface area (Å²) in [5.41, 5.74) is 2.78. The molecule has 114 valence electrons. The first-order chi connectivity index (χ1) is 9.29. The van der Waals surface area contributed by atoms with Gasteiger partial charge in [0, 0.05) is 24.2 Å². The van der Waals surface area contributed by atoms with Gasteiger partial charge < -0.3 is 9.64 Å². The summed E-state index contributed by atoms with van der Waals surface area (Å²) in [4.78, 5) is 13.9. The number of nitrogens with one attached hydrogen (secondary N) is 1. The number of aryl methyl sites for hydroxylation is 1. The van der Waals surface area contributed by atoms with Gasteiger partial charge in [0.25, 0.3) is 0 Å². The van der Waals surface area contributed by atoms with Crippen LogP contribution in [0.5, 0.6) is 0 Å². The summed E-state index contributed by atoms with van der Waals surface area (Å²) in [6.45, 7) is 14.3. The molecule has 20 heavy (non-hydrogen) atoms. The highest BCUT2D eigenvalue weighted by Crippen LogP contribution is 2.31. The number of fused-ring (bicyclic) bond motifs is 1. The molecule has 1 aliphatic heterocycles. The second-order valence-electron chi connectivity index (χ2n) is 5.81. The van der Waals surface area contributed by atoms with Gasteiger partial charge in [-0.1, -0.05) is 13.8 Å². The average Bonchev–Trinajstić information content (AvgIpc) is 2.72. The summed E-state index contributed by atoms with van der Waals surface area (Å²) in [6.07, 6.45) is 0.532. The molecule has 1 amide bonds. The topological polar surface area (TPSA) is 58.2 Å². The maximum Gasteiger partial charge on any atom is 0.410 e. The first-order valence-electron chi connectivity index (χ1n) is 7.33. The van der Waals surface area contributed by atoms with Crippen LogP contribution in [-0.2, 0) is 11.2 Å². The van der Waals surface area contributed by atoms with Gasteiger partial charge in [0.05, 0.1) is 11.7 Å². The Balaban J connectivity index is 0.000000956. The molecule has 0 saturated heterocycles. The van der Waals surface area contributed by atoms with Crippen LogP contribution in [0.3, 0.4) is 0 Å². The number of carbonyl (C=O) groups excluding carboxylic acids is 1. The fourth-order valence-corrected chi connectivity index (χ4v) is 2.38. The van der Waals surface area contributed by atoms with Gasteiger partial charge in [-0.3, -0.25) is 5.10 Å². The number of carbonyl (C=O) groups is 1. The molecule has 1 aromatic rings. The predicted molar refractivity (Wildman–Crippen MR) is 79.7 cm³/mol. The van der Waals surface area contributed by atoms with E-state index < -0.39 is 5.60 Å². The molecule has 0 aliphatic carbocycles. The molecule has 1 atom stereocenters. The summed E-state index contributed by atoms with van der Waals surface area (Å²) >= 11 is 0. The molecule has 0 saturated carbocycles. The zero-order chi connectivity index (χ0) is 15.5. The molecule has 0 aromatic carbocycles. The molecular formula is C15H27N3O2. The Morgan fingerprint density at radius 2 is 2.00 bits per heavy atom. The van der Waals surface area contributed by atoms with Crippen molar-refractivity contribution in [3.05, 3.63) is 17.0 Å². The molecule has 0 bridgehead atoms. The number of rotatable bonds is 0. The quantitative estimate of drug-likeness (QED) is 0.790. The van der Waals surface area contributed by atoms with Crippen LogP contribution in [0.15, 0.2) is 0 Å². The van der Waals surface area contributed by atoms with Crippen LogP contribution in [0.4, 0.5) is 4.79 Å². The summed E-state index contributed by atoms with van der Waals surface area (Å²) in [7, 11) is 0. The number of aromatic amines is 1. The van der Waals surface area contributed by atoms with Gasteiger partial charge in [-0.2, -0.15) is 5.10 Å². The number of H-pyrrole nitrogens is 1. The summed E-state index contributed by atoms with van der Waals surface area (Å²) < 4.78 is 5.44. The molecule has 1 N–H and O–H groups in total. The minimum atomic E-state index is -0.456. The van der Waals surface area contributed by atoms with Crippen molar-refractivity contribution in [2.45, 2.75) is 66.5 Å². The van der Waals surface area contributed by atoms with Crippen LogP contribution in [0.25, 0.3) is 0 Å². The van der Waals surface area contributed by atoms with Gasteiger partial charge in [0.1, 0.15) is 5.60 Å². The Morgan fingerprint density at radius 1 is 1.40 bits per heavy atom. The Hall–Kier alpha value is -1.52. The second-order valence-corrected chi connectivity index (χ2v) is 5.81. The van der Waals surface area contributed by atoms with E-state index in [1.807, 2.05) is 48.5 Å². The lowest BCUT2D eigenvalue weighted by Crippen LogP contribution is -2.42. The van der Waals surface area contributed by atoms with Crippen LogP contribution in [0, 0.1) is 6.92 Å². The fourth-order valence-electron chi connectivity index (χ4n) is 2.38. The lowest BCUT2D eigenvalue weighted by Gasteiger charge is -2.34. The van der Waals surface area contributed by atoms with Gasteiger partial charge in [0.2, 0.25) is 0 Å². The zero-order valence-corrected chi connectivity index (χ0v) is 13.7. The third-order valence-corrected chi connectivity index (χ3v) is 3.18. The first kappa shape index (κ1) is 16.5. The predicted octanol–water partition coefficient (Wildman–Crippen LogP) is 3.60. The minimum absolute atomic E-state index is 0.0161. The van der Waals surface area contributed by atoms with Gasteiger partial charge in [0.15, 0.2) is 0 Å². The van der Waals surface area contributed by atoms with Crippen LogP contribution in [0.1, 0.15) is 64.5 Å². The van der Waals surface area contributed by atoms with Crippen LogP contribution in [-0.4, -0.2) is 33.3 Å². The Morgan fingerprint density at radius 3 is 2.55 bits per heavy atom. The molecule has 1 aromatic heterocycles. The fraction of sp³-hybridized carbons (Fsp3) is 0.733. The summed E-state index contributed by atoms with van der Waals surface area (Å²) in [6, 6.07) is 0.0161. The number of aromatic nitrogens is 2. The highest BCUT2D eigenvalue weighted by molar-refractivity contribution is 5.69. The van der Waals surface area contributed by atoms with E-state index >= 15 is 0 Å². The van der Waals surface area contributed by atoms with E-state index in [0.717, 1.165) is 23.4 Å². The lowest BCUT2D eigenvalue weighted by molar-refractivity contribution is 0.0159. The van der Waals surface area contributed by atoms with Crippen molar-refractivity contribution < 1.29 is 9.53 Å². The lowest BCUT2D eigenvalue weighted by atomic mass is 9.98. The van der Waals surface area contributed by atoms with Gasteiger partial charge in [-0.25, -0.2) is 4.79 Å². The molecular weight excluding hydrogens is 254 g/mol. The number of ether oxygens (including phenoxy) is 1. The van der Waals surface area contributed by atoms with Gasteiger partial charge >= 0.3 is 6.09 Å². The highest BCUT2D eigenvalue weighted by Gasteiger charge is 2.33. The smallest absolute Gasteiger partial charge is 0.410 e. The molecule has 1 unspecified atom stereocenters. The van der Waals surface area contributed by atoms with E-state index in [4.69, 9.17) is 4.74 Å². The number of hydrogen-bond acceptors (Lipinski definition) is 3. The van der Waals surface area contributed by atoms with Crippen molar-refractivity contribution in [3.8, 4) is 0 Å². The van der Waals surface area contributed by atoms with E-state index in [2.05, 4.69) is 10.2 Å². The largest absolute Gasteiger partial charge is 0.444 e. The maximum absolute atomic E-state index is 12.1. The Bertz CT molecular complexity index is 460. The normalized spacial score (nSPS) is 17.9. The Kier molecular flexibility index (Phi) is 5.20. The van der Waals surface area contributed by atoms with Crippen LogP contribution < -0.4 is 0 Å². The average molecular weight is 281 g/mol. The third kappa shape index (κ3) is 3.52. The molecule has 2 heterocycles. The van der Waals surface area contributed by atoms with E-state index in [1.165, 1.54) is 0 Å². The molecule has 5 heteroatoms. The molecule has 1 aliphatic rings. The van der Waals surface area contributed by atoms with Crippen LogP contribution in [0.2, 0.25) is 0 Å². The third-order valence-electron chi connectivity index (χ3n) is 3.18. The van der Waals surface area contributed by atoms with E-state index in [9.17, 15) is 4.79 Å². The van der Waals surface area contributed by atoms with E-state index in [1.54, 1.807) is 4.90 Å². The van der Waals surface area contributed by atoms with Crippen molar-refractivity contribution >= 4 is 6.09 Å². The number of amides is 1. The SMILES string of the molecule is CC.Cc1[nH]nc2c1C(C)N(C(=O)OC(C)(C)C)CC2. The van der Waals surface area contributed by atoms with Crippen molar-refractivity contribution in [3.63, 3.8) is 0 Å². The maximum atomic E-state index is 12.1. The molecule has 0 spiro atoms. The molecule has 2 rings (SSSR count). The monoisotopic (exact) mass is 281 g/mol. The highest BCUT2D eigenvalue weighted by atomic mass is 16.6. The standard InChI is InChI=1S/C13H21N3O2.C2H6/c1-8-11-9(2)16(7-6-10(11)15-14-8)12(17)18-13(3,4)5;1-2/h9H,6-7H2,1-5H3,(H,14,15);1-2H3. The first-order valence-corrected chi connectivity index (χ1v) is 7.33. The van der Waals surface area contributed by atoms with Crippen LogP contribution >= 0.6 is 0 Å².